The van der Waals surface area contributed by atoms with E-state index in [9.17, 15) is 0 Å². The van der Waals surface area contributed by atoms with Gasteiger partial charge in [-0.05, 0) is 0 Å². The molecule has 0 heterocycles. The van der Waals surface area contributed by atoms with Crippen molar-refractivity contribution in [3.8, 4) is 0 Å². The fourth-order valence-electron chi connectivity index (χ4n) is 2.54. The Hall–Kier alpha value is 0.254. The molecule has 3 heteroatoms. The Kier molecular flexibility index (Phi) is 8.64. The first kappa shape index (κ1) is 19.3. The fourth-order valence-corrected chi connectivity index (χ4v) is 4.94. The van der Waals surface area contributed by atoms with Gasteiger partial charge in [-0.3, -0.25) is 0 Å². The molecular weight excluding hydrogens is 311 g/mol. The predicted molar refractivity (Wildman–Crippen MR) is 85.9 cm³/mol. The Bertz CT molecular complexity index is 411. The van der Waals surface area contributed by atoms with Gasteiger partial charge in [0.15, 0.2) is 0 Å². The van der Waals surface area contributed by atoms with E-state index in [1.54, 1.807) is 30.0 Å². The van der Waals surface area contributed by atoms with Crippen molar-refractivity contribution in [2.24, 2.45) is 0 Å². The summed E-state index contributed by atoms with van der Waals surface area (Å²) in [6.45, 7) is 9.17. The molecule has 0 nitrogen and oxygen atoms in total. The summed E-state index contributed by atoms with van der Waals surface area (Å²) in [4.78, 5) is 0. The van der Waals surface area contributed by atoms with Crippen LogP contribution in [0.5, 0.6) is 0 Å². The summed E-state index contributed by atoms with van der Waals surface area (Å²) < 4.78 is 3.56. The summed E-state index contributed by atoms with van der Waals surface area (Å²) in [5, 5.41) is 0. The van der Waals surface area contributed by atoms with Crippen LogP contribution in [0.1, 0.15) is 53.4 Å². The van der Waals surface area contributed by atoms with E-state index in [-0.39, 0.29) is 44.0 Å². The van der Waals surface area contributed by atoms with Gasteiger partial charge in [0.05, 0.1) is 0 Å². The zero-order valence-electron chi connectivity index (χ0n) is 12.3. The predicted octanol–water partition coefficient (Wildman–Crippen LogP) is 5.94. The SMILES string of the molecule is CCC1=CC(C)=[C]([Ti][C]2=C(C)C=C(CC)C2)C1.Cl.Cl. The summed E-state index contributed by atoms with van der Waals surface area (Å²) in [5.74, 6) is 0. The second-order valence-corrected chi connectivity index (χ2v) is 7.39. The second-order valence-electron chi connectivity index (χ2n) is 5.11. The largest absolute Gasteiger partial charge is 0.147 e. The summed E-state index contributed by atoms with van der Waals surface area (Å²) in [6, 6.07) is 0. The first-order chi connectivity index (χ1) is 8.13. The smallest absolute Gasteiger partial charge is 0.147 e. The average molecular weight is 335 g/mol. The van der Waals surface area contributed by atoms with Crippen molar-refractivity contribution < 1.29 is 19.2 Å². The van der Waals surface area contributed by atoms with Crippen LogP contribution in [0.2, 0.25) is 0 Å². The molecule has 19 heavy (non-hydrogen) atoms. The molecule has 0 radical (unpaired) electrons. The van der Waals surface area contributed by atoms with Gasteiger partial charge < -0.3 is 0 Å². The van der Waals surface area contributed by atoms with Gasteiger partial charge in [0.2, 0.25) is 0 Å². The molecule has 2 aliphatic carbocycles. The number of rotatable bonds is 4. The van der Waals surface area contributed by atoms with Crippen molar-refractivity contribution in [1.29, 1.82) is 0 Å². The number of hydrogen-bond donors (Lipinski definition) is 0. The maximum Gasteiger partial charge on any atom is -0.147 e. The van der Waals surface area contributed by atoms with Crippen molar-refractivity contribution >= 4 is 24.8 Å². The number of halogens is 2. The van der Waals surface area contributed by atoms with Crippen LogP contribution in [0.3, 0.4) is 0 Å². The van der Waals surface area contributed by atoms with Gasteiger partial charge in [0, 0.05) is 0 Å². The molecule has 0 aromatic rings. The van der Waals surface area contributed by atoms with E-state index in [4.69, 9.17) is 0 Å². The van der Waals surface area contributed by atoms with Gasteiger partial charge in [-0.25, -0.2) is 0 Å². The van der Waals surface area contributed by atoms with Crippen LogP contribution in [-0.2, 0) is 19.2 Å². The number of hydrogen-bond acceptors (Lipinski definition) is 0. The molecule has 0 amide bonds. The van der Waals surface area contributed by atoms with Crippen molar-refractivity contribution in [1.82, 2.24) is 0 Å². The van der Waals surface area contributed by atoms with Crippen molar-refractivity contribution in [3.63, 3.8) is 0 Å². The molecule has 0 aromatic carbocycles. The van der Waals surface area contributed by atoms with Gasteiger partial charge in [0.25, 0.3) is 0 Å². The molecular formula is C16H24Cl2Ti. The minimum absolute atomic E-state index is 0. The molecule has 0 N–H and O–H groups in total. The Morgan fingerprint density at radius 3 is 1.47 bits per heavy atom. The average Bonchev–Trinajstić information content (AvgIpc) is 2.84. The van der Waals surface area contributed by atoms with Crippen LogP contribution >= 0.6 is 24.8 Å². The number of allylic oxidation sites excluding steroid dienone is 8. The molecule has 2 aliphatic rings. The van der Waals surface area contributed by atoms with Crippen LogP contribution in [0.4, 0.5) is 0 Å². The van der Waals surface area contributed by atoms with Crippen molar-refractivity contribution in [2.45, 2.75) is 53.4 Å². The molecule has 0 aliphatic heterocycles. The molecule has 2 rings (SSSR count). The van der Waals surface area contributed by atoms with E-state index in [1.165, 1.54) is 25.7 Å². The fraction of sp³-hybridized carbons (Fsp3) is 0.500. The maximum absolute atomic E-state index is 2.43. The van der Waals surface area contributed by atoms with Gasteiger partial charge in [-0.15, -0.1) is 24.8 Å². The van der Waals surface area contributed by atoms with Crippen LogP contribution in [-0.4, -0.2) is 0 Å². The topological polar surface area (TPSA) is 0 Å². The Morgan fingerprint density at radius 2 is 1.21 bits per heavy atom. The third-order valence-corrected chi connectivity index (χ3v) is 6.54. The minimum Gasteiger partial charge on any atom is -0.147 e. The molecule has 0 fully saturated rings. The molecule has 0 aromatic heterocycles. The standard InChI is InChI=1S/2C8H11.2ClH.Ti/c2*1-3-8-5-4-7(2)6-8;;;/h2*6H,3,5H2,1-2H3;2*1H;. The van der Waals surface area contributed by atoms with Crippen LogP contribution in [0.15, 0.2) is 42.2 Å². The van der Waals surface area contributed by atoms with Gasteiger partial charge >= 0.3 is 115 Å². The van der Waals surface area contributed by atoms with Crippen molar-refractivity contribution in [3.05, 3.63) is 42.2 Å². The molecule has 0 saturated carbocycles. The zero-order valence-corrected chi connectivity index (χ0v) is 15.5. The van der Waals surface area contributed by atoms with Crippen molar-refractivity contribution in [2.75, 3.05) is 0 Å². The molecule has 106 valence electrons. The molecule has 0 atom stereocenters. The Labute approximate surface area is 139 Å². The van der Waals surface area contributed by atoms with E-state index >= 15 is 0 Å². The first-order valence-corrected chi connectivity index (χ1v) is 8.25. The van der Waals surface area contributed by atoms with E-state index in [0.29, 0.717) is 0 Å². The third kappa shape index (κ3) is 4.64. The third-order valence-electron chi connectivity index (χ3n) is 3.81. The summed E-state index contributed by atoms with van der Waals surface area (Å²) in [7, 11) is 0. The van der Waals surface area contributed by atoms with Crippen LogP contribution in [0.25, 0.3) is 0 Å². The molecule has 0 spiro atoms. The van der Waals surface area contributed by atoms with E-state index in [1.807, 2.05) is 0 Å². The van der Waals surface area contributed by atoms with Gasteiger partial charge in [-0.1, -0.05) is 0 Å². The van der Waals surface area contributed by atoms with Crippen LogP contribution in [0, 0.1) is 0 Å². The second kappa shape index (κ2) is 8.52. The van der Waals surface area contributed by atoms with E-state index in [2.05, 4.69) is 39.8 Å². The normalized spacial score (nSPS) is 17.9. The maximum atomic E-state index is 2.43. The summed E-state index contributed by atoms with van der Waals surface area (Å²) in [6.07, 6.45) is 9.86. The molecule has 0 saturated heterocycles. The summed E-state index contributed by atoms with van der Waals surface area (Å²) in [5.41, 5.74) is 6.43. The van der Waals surface area contributed by atoms with Gasteiger partial charge in [-0.2, -0.15) is 0 Å². The summed E-state index contributed by atoms with van der Waals surface area (Å²) >= 11 is -0.0215. The van der Waals surface area contributed by atoms with Crippen LogP contribution < -0.4 is 0 Å². The first-order valence-electron chi connectivity index (χ1n) is 6.69. The monoisotopic (exact) mass is 334 g/mol. The zero-order chi connectivity index (χ0) is 12.4. The Balaban J connectivity index is 0.00000162. The quantitative estimate of drug-likeness (QED) is 0.558. The van der Waals surface area contributed by atoms with E-state index in [0.717, 1.165) is 0 Å². The van der Waals surface area contributed by atoms with E-state index < -0.39 is 0 Å². The minimum atomic E-state index is -0.0215. The van der Waals surface area contributed by atoms with Gasteiger partial charge in [0.1, 0.15) is 0 Å². The molecule has 0 unspecified atom stereocenters. The Morgan fingerprint density at radius 1 is 0.842 bits per heavy atom. The molecule has 0 bridgehead atoms.